The summed E-state index contributed by atoms with van der Waals surface area (Å²) in [6, 6.07) is 18.3. The number of amides is 1. The predicted octanol–water partition coefficient (Wildman–Crippen LogP) is 5.32. The Morgan fingerprint density at radius 2 is 1.81 bits per heavy atom. The van der Waals surface area contributed by atoms with Crippen molar-refractivity contribution in [2.24, 2.45) is 0 Å². The molecule has 0 spiro atoms. The summed E-state index contributed by atoms with van der Waals surface area (Å²) in [6.45, 7) is 0. The SMILES string of the molecule is CN1C(=O)/C(=C/c2cccc(Cl)c2)C(=O)c2cc(C#CCc3ccc(F)cc3)ccc21. The van der Waals surface area contributed by atoms with E-state index in [9.17, 15) is 14.0 Å². The number of likely N-dealkylation sites (N-methyl/N-ethyl adjacent to an activating group) is 1. The monoisotopic (exact) mass is 429 g/mol. The molecule has 4 rings (SSSR count). The van der Waals surface area contributed by atoms with Gasteiger partial charge >= 0.3 is 0 Å². The van der Waals surface area contributed by atoms with Gasteiger partial charge in [-0.15, -0.1) is 0 Å². The number of ketones is 1. The Bertz CT molecular complexity index is 1280. The zero-order valence-electron chi connectivity index (χ0n) is 16.7. The molecular weight excluding hydrogens is 413 g/mol. The lowest BCUT2D eigenvalue weighted by atomic mass is 9.92. The number of carbonyl (C=O) groups excluding carboxylic acids is 2. The van der Waals surface area contributed by atoms with Crippen LogP contribution in [-0.2, 0) is 11.2 Å². The first-order valence-corrected chi connectivity index (χ1v) is 9.97. The highest BCUT2D eigenvalue weighted by Crippen LogP contribution is 2.31. The van der Waals surface area contributed by atoms with Crippen molar-refractivity contribution in [2.45, 2.75) is 6.42 Å². The number of hydrogen-bond acceptors (Lipinski definition) is 2. The Morgan fingerprint density at radius 3 is 2.55 bits per heavy atom. The van der Waals surface area contributed by atoms with Crippen LogP contribution in [0.4, 0.5) is 10.1 Å². The van der Waals surface area contributed by atoms with Crippen LogP contribution in [0.1, 0.15) is 27.0 Å². The van der Waals surface area contributed by atoms with Crippen molar-refractivity contribution in [1.29, 1.82) is 0 Å². The summed E-state index contributed by atoms with van der Waals surface area (Å²) in [4.78, 5) is 27.3. The summed E-state index contributed by atoms with van der Waals surface area (Å²) >= 11 is 6.02. The molecule has 0 saturated carbocycles. The van der Waals surface area contributed by atoms with Crippen LogP contribution in [-0.4, -0.2) is 18.7 Å². The van der Waals surface area contributed by atoms with Gasteiger partial charge in [0.05, 0.1) is 11.3 Å². The fourth-order valence-electron chi connectivity index (χ4n) is 3.36. The van der Waals surface area contributed by atoms with E-state index in [2.05, 4.69) is 11.8 Å². The van der Waals surface area contributed by atoms with Crippen LogP contribution < -0.4 is 4.90 Å². The molecule has 0 bridgehead atoms. The number of rotatable bonds is 2. The van der Waals surface area contributed by atoms with Gasteiger partial charge in [0.25, 0.3) is 5.91 Å². The molecule has 3 aromatic carbocycles. The number of anilines is 1. The van der Waals surface area contributed by atoms with E-state index < -0.39 is 0 Å². The van der Waals surface area contributed by atoms with Crippen molar-refractivity contribution in [2.75, 3.05) is 11.9 Å². The number of halogens is 2. The summed E-state index contributed by atoms with van der Waals surface area (Å²) < 4.78 is 13.0. The Hall–Kier alpha value is -3.68. The Balaban J connectivity index is 1.65. The van der Waals surface area contributed by atoms with Gasteiger partial charge in [-0.25, -0.2) is 4.39 Å². The molecule has 0 saturated heterocycles. The topological polar surface area (TPSA) is 37.4 Å². The van der Waals surface area contributed by atoms with Crippen molar-refractivity contribution in [1.82, 2.24) is 0 Å². The number of hydrogen-bond donors (Lipinski definition) is 0. The Labute approximate surface area is 184 Å². The quantitative estimate of drug-likeness (QED) is 0.314. The molecule has 0 aromatic heterocycles. The number of fused-ring (bicyclic) bond motifs is 1. The maximum Gasteiger partial charge on any atom is 0.262 e. The molecule has 3 nitrogen and oxygen atoms in total. The molecule has 3 aromatic rings. The fraction of sp³-hybridized carbons (Fsp3) is 0.0769. The summed E-state index contributed by atoms with van der Waals surface area (Å²) in [7, 11) is 1.64. The first-order valence-electron chi connectivity index (χ1n) is 9.60. The van der Waals surface area contributed by atoms with Gasteiger partial charge in [-0.1, -0.05) is 47.7 Å². The molecule has 0 aliphatic carbocycles. The lowest BCUT2D eigenvalue weighted by Crippen LogP contribution is -2.36. The highest BCUT2D eigenvalue weighted by atomic mass is 35.5. The van der Waals surface area contributed by atoms with Crippen LogP contribution in [0.3, 0.4) is 0 Å². The second-order valence-electron chi connectivity index (χ2n) is 7.14. The molecule has 1 aliphatic rings. The van der Waals surface area contributed by atoms with Crippen molar-refractivity contribution in [3.8, 4) is 11.8 Å². The molecule has 0 atom stereocenters. The molecular formula is C26H17ClFNO2. The second kappa shape index (κ2) is 8.59. The molecule has 31 heavy (non-hydrogen) atoms. The van der Waals surface area contributed by atoms with Gasteiger partial charge < -0.3 is 4.90 Å². The smallest absolute Gasteiger partial charge is 0.262 e. The van der Waals surface area contributed by atoms with Crippen LogP contribution in [0, 0.1) is 17.7 Å². The van der Waals surface area contributed by atoms with E-state index >= 15 is 0 Å². The van der Waals surface area contributed by atoms with Gasteiger partial charge in [0.2, 0.25) is 5.78 Å². The summed E-state index contributed by atoms with van der Waals surface area (Å²) in [6.07, 6.45) is 2.02. The molecule has 1 heterocycles. The average Bonchev–Trinajstić information content (AvgIpc) is 2.76. The predicted molar refractivity (Wildman–Crippen MR) is 121 cm³/mol. The van der Waals surface area contributed by atoms with Crippen LogP contribution in [0.2, 0.25) is 5.02 Å². The Morgan fingerprint density at radius 1 is 1.03 bits per heavy atom. The van der Waals surface area contributed by atoms with Gasteiger partial charge in [0.1, 0.15) is 5.82 Å². The van der Waals surface area contributed by atoms with Crippen LogP contribution in [0.5, 0.6) is 0 Å². The van der Waals surface area contributed by atoms with Crippen LogP contribution in [0.25, 0.3) is 6.08 Å². The van der Waals surface area contributed by atoms with E-state index in [0.29, 0.717) is 33.8 Å². The third-order valence-electron chi connectivity index (χ3n) is 4.98. The second-order valence-corrected chi connectivity index (χ2v) is 7.58. The minimum atomic E-state index is -0.368. The van der Waals surface area contributed by atoms with Crippen LogP contribution in [0.15, 0.2) is 72.3 Å². The highest BCUT2D eigenvalue weighted by Gasteiger charge is 2.32. The van der Waals surface area contributed by atoms with Gasteiger partial charge in [0.15, 0.2) is 0 Å². The normalized spacial score (nSPS) is 14.3. The van der Waals surface area contributed by atoms with E-state index in [1.807, 2.05) is 0 Å². The zero-order valence-corrected chi connectivity index (χ0v) is 17.4. The van der Waals surface area contributed by atoms with Crippen molar-refractivity contribution in [3.63, 3.8) is 0 Å². The summed E-state index contributed by atoms with van der Waals surface area (Å²) in [5.74, 6) is 5.08. The van der Waals surface area contributed by atoms with Gasteiger partial charge in [-0.05, 0) is 59.7 Å². The third kappa shape index (κ3) is 4.42. The lowest BCUT2D eigenvalue weighted by Gasteiger charge is -2.26. The zero-order chi connectivity index (χ0) is 22.0. The average molecular weight is 430 g/mol. The molecule has 5 heteroatoms. The van der Waals surface area contributed by atoms with E-state index in [0.717, 1.165) is 5.56 Å². The van der Waals surface area contributed by atoms with Gasteiger partial charge in [0, 0.05) is 29.6 Å². The fourth-order valence-corrected chi connectivity index (χ4v) is 3.56. The molecule has 1 aliphatic heterocycles. The minimum absolute atomic E-state index is 0.0775. The lowest BCUT2D eigenvalue weighted by molar-refractivity contribution is -0.114. The first kappa shape index (κ1) is 20.6. The number of carbonyl (C=O) groups is 2. The van der Waals surface area contributed by atoms with E-state index in [1.54, 1.807) is 67.7 Å². The van der Waals surface area contributed by atoms with Crippen molar-refractivity contribution < 1.29 is 14.0 Å². The first-order chi connectivity index (χ1) is 14.9. The largest absolute Gasteiger partial charge is 0.311 e. The third-order valence-corrected chi connectivity index (χ3v) is 5.22. The minimum Gasteiger partial charge on any atom is -0.311 e. The maximum absolute atomic E-state index is 13.1. The van der Waals surface area contributed by atoms with Crippen molar-refractivity contribution >= 4 is 35.1 Å². The number of benzene rings is 3. The molecule has 0 fully saturated rings. The van der Waals surface area contributed by atoms with Gasteiger partial charge in [-0.3, -0.25) is 9.59 Å². The van der Waals surface area contributed by atoms with E-state index in [-0.39, 0.29) is 23.1 Å². The van der Waals surface area contributed by atoms with E-state index in [1.165, 1.54) is 17.0 Å². The standard InChI is InChI=1S/C26H17ClFNO2/c1-29-24-13-10-18(5-2-4-17-8-11-21(28)12-9-17)15-22(24)25(30)23(26(29)31)16-19-6-3-7-20(27)14-19/h3,6-16H,4H2,1H3/b23-16+. The maximum atomic E-state index is 13.1. The van der Waals surface area contributed by atoms with Crippen LogP contribution >= 0.6 is 11.6 Å². The molecule has 0 N–H and O–H groups in total. The summed E-state index contributed by atoms with van der Waals surface area (Å²) in [5, 5.41) is 0.525. The molecule has 0 unspecified atom stereocenters. The van der Waals surface area contributed by atoms with Crippen molar-refractivity contribution in [3.05, 3.63) is 105 Å². The molecule has 0 radical (unpaired) electrons. The number of Topliss-reactive ketones (excluding diaryl/α,β-unsaturated/α-hetero) is 1. The highest BCUT2D eigenvalue weighted by molar-refractivity contribution is 6.36. The molecule has 152 valence electrons. The van der Waals surface area contributed by atoms with E-state index in [4.69, 9.17) is 11.6 Å². The Kier molecular flexibility index (Phi) is 5.70. The van der Waals surface area contributed by atoms with Gasteiger partial charge in [-0.2, -0.15) is 0 Å². The number of nitrogens with zero attached hydrogens (tertiary/aromatic N) is 1. The molecule has 1 amide bonds. The summed E-state index contributed by atoms with van der Waals surface area (Å²) in [5.41, 5.74) is 3.29.